The monoisotopic (exact) mass is 334 g/mol. The minimum atomic E-state index is -3.96. The summed E-state index contributed by atoms with van der Waals surface area (Å²) in [6, 6.07) is 3.48. The van der Waals surface area contributed by atoms with Gasteiger partial charge >= 0.3 is 0 Å². The summed E-state index contributed by atoms with van der Waals surface area (Å²) in [6.45, 7) is 1.01. The molecule has 0 spiro atoms. The molecule has 0 aliphatic heterocycles. The second-order valence-corrected chi connectivity index (χ2v) is 6.43. The SMILES string of the molecule is Cc1cc(CNS(=O)(=O)c2cc(F)c(Cl)c(CO)c2)no1. The van der Waals surface area contributed by atoms with Crippen molar-refractivity contribution in [2.75, 3.05) is 0 Å². The Balaban J connectivity index is 2.25. The average Bonchev–Trinajstić information content (AvgIpc) is 2.85. The van der Waals surface area contributed by atoms with Crippen molar-refractivity contribution in [1.82, 2.24) is 9.88 Å². The third-order valence-electron chi connectivity index (χ3n) is 2.68. The van der Waals surface area contributed by atoms with Crippen molar-refractivity contribution >= 4 is 21.6 Å². The van der Waals surface area contributed by atoms with Crippen molar-refractivity contribution in [3.8, 4) is 0 Å². The Morgan fingerprint density at radius 2 is 2.14 bits per heavy atom. The molecule has 0 atom stereocenters. The summed E-state index contributed by atoms with van der Waals surface area (Å²) < 4.78 is 44.8. The molecule has 114 valence electrons. The lowest BCUT2D eigenvalue weighted by Gasteiger charge is -2.08. The number of benzene rings is 1. The highest BCUT2D eigenvalue weighted by Crippen LogP contribution is 2.24. The van der Waals surface area contributed by atoms with Crippen LogP contribution in [0.1, 0.15) is 17.0 Å². The Morgan fingerprint density at radius 1 is 1.43 bits per heavy atom. The highest BCUT2D eigenvalue weighted by atomic mass is 35.5. The van der Waals surface area contributed by atoms with Gasteiger partial charge in [-0.2, -0.15) is 0 Å². The number of hydrogen-bond acceptors (Lipinski definition) is 5. The number of nitrogens with one attached hydrogen (secondary N) is 1. The molecule has 0 saturated heterocycles. The molecular weight excluding hydrogens is 323 g/mol. The Bertz CT molecular complexity index is 761. The molecule has 2 rings (SSSR count). The first-order chi connectivity index (χ1) is 9.83. The molecule has 1 heterocycles. The first-order valence-corrected chi connectivity index (χ1v) is 7.70. The summed E-state index contributed by atoms with van der Waals surface area (Å²) in [7, 11) is -3.96. The van der Waals surface area contributed by atoms with Crippen LogP contribution in [0.3, 0.4) is 0 Å². The molecule has 0 bridgehead atoms. The topological polar surface area (TPSA) is 92.4 Å². The quantitative estimate of drug-likeness (QED) is 0.869. The second-order valence-electron chi connectivity index (χ2n) is 4.29. The van der Waals surface area contributed by atoms with Crippen LogP contribution in [-0.2, 0) is 23.2 Å². The zero-order valence-corrected chi connectivity index (χ0v) is 12.5. The van der Waals surface area contributed by atoms with E-state index < -0.39 is 22.4 Å². The number of aliphatic hydroxyl groups excluding tert-OH is 1. The van der Waals surface area contributed by atoms with Crippen LogP contribution in [0.4, 0.5) is 4.39 Å². The Labute approximate surface area is 125 Å². The van der Waals surface area contributed by atoms with Crippen LogP contribution in [0.25, 0.3) is 0 Å². The van der Waals surface area contributed by atoms with Gasteiger partial charge in [0.05, 0.1) is 28.8 Å². The van der Waals surface area contributed by atoms with Crippen molar-refractivity contribution in [2.24, 2.45) is 0 Å². The standard InChI is InChI=1S/C12H12ClFN2O4S/c1-7-2-9(16-20-7)5-15-21(18,19)10-3-8(6-17)12(13)11(14)4-10/h2-4,15,17H,5-6H2,1H3. The third-order valence-corrected chi connectivity index (χ3v) is 4.48. The van der Waals surface area contributed by atoms with Gasteiger partial charge in [-0.15, -0.1) is 0 Å². The van der Waals surface area contributed by atoms with Crippen molar-refractivity contribution in [1.29, 1.82) is 0 Å². The number of halogens is 2. The van der Waals surface area contributed by atoms with Crippen LogP contribution < -0.4 is 4.72 Å². The van der Waals surface area contributed by atoms with E-state index in [2.05, 4.69) is 9.88 Å². The third kappa shape index (κ3) is 3.59. The molecule has 1 aromatic carbocycles. The lowest BCUT2D eigenvalue weighted by molar-refractivity contribution is 0.281. The first-order valence-electron chi connectivity index (χ1n) is 5.84. The van der Waals surface area contributed by atoms with E-state index in [-0.39, 0.29) is 22.0 Å². The fraction of sp³-hybridized carbons (Fsp3) is 0.250. The van der Waals surface area contributed by atoms with E-state index in [0.29, 0.717) is 11.5 Å². The van der Waals surface area contributed by atoms with Gasteiger partial charge < -0.3 is 9.63 Å². The lowest BCUT2D eigenvalue weighted by Crippen LogP contribution is -2.23. The Kier molecular flexibility index (Phi) is 4.62. The van der Waals surface area contributed by atoms with Gasteiger partial charge in [-0.05, 0) is 19.1 Å². The number of nitrogens with zero attached hydrogens (tertiary/aromatic N) is 1. The molecule has 21 heavy (non-hydrogen) atoms. The summed E-state index contributed by atoms with van der Waals surface area (Å²) in [5.74, 6) is -0.370. The lowest BCUT2D eigenvalue weighted by atomic mass is 10.2. The summed E-state index contributed by atoms with van der Waals surface area (Å²) in [6.07, 6.45) is 0. The van der Waals surface area contributed by atoms with E-state index in [4.69, 9.17) is 21.2 Å². The van der Waals surface area contributed by atoms with E-state index in [1.807, 2.05) is 0 Å². The zero-order chi connectivity index (χ0) is 15.6. The summed E-state index contributed by atoms with van der Waals surface area (Å²) >= 11 is 5.62. The average molecular weight is 335 g/mol. The van der Waals surface area contributed by atoms with Crippen LogP contribution in [0.2, 0.25) is 5.02 Å². The number of aromatic nitrogens is 1. The maximum Gasteiger partial charge on any atom is 0.241 e. The van der Waals surface area contributed by atoms with Crippen LogP contribution in [0, 0.1) is 12.7 Å². The van der Waals surface area contributed by atoms with Gasteiger partial charge in [0.25, 0.3) is 0 Å². The summed E-state index contributed by atoms with van der Waals surface area (Å²) in [4.78, 5) is -0.325. The van der Waals surface area contributed by atoms with E-state index in [0.717, 1.165) is 12.1 Å². The Hall–Kier alpha value is -1.48. The molecule has 1 aromatic heterocycles. The highest BCUT2D eigenvalue weighted by molar-refractivity contribution is 7.89. The molecular formula is C12H12ClFN2O4S. The molecule has 0 fully saturated rings. The number of aliphatic hydroxyl groups is 1. The molecule has 0 amide bonds. The molecule has 0 aliphatic carbocycles. The van der Waals surface area contributed by atoms with Crippen molar-refractivity contribution in [2.45, 2.75) is 25.0 Å². The molecule has 9 heteroatoms. The molecule has 2 aromatic rings. The molecule has 2 N–H and O–H groups in total. The van der Waals surface area contributed by atoms with Gasteiger partial charge in [-0.25, -0.2) is 17.5 Å². The van der Waals surface area contributed by atoms with Crippen molar-refractivity contribution in [3.05, 3.63) is 46.1 Å². The second kappa shape index (κ2) is 6.10. The first kappa shape index (κ1) is 15.9. The molecule has 0 aliphatic rings. The van der Waals surface area contributed by atoms with E-state index >= 15 is 0 Å². The van der Waals surface area contributed by atoms with Gasteiger partial charge in [0, 0.05) is 11.6 Å². The van der Waals surface area contributed by atoms with Gasteiger partial charge in [-0.1, -0.05) is 16.8 Å². The predicted octanol–water partition coefficient (Wildman–Crippen LogP) is 1.75. The van der Waals surface area contributed by atoms with Gasteiger partial charge in [0.2, 0.25) is 10.0 Å². The van der Waals surface area contributed by atoms with E-state index in [1.54, 1.807) is 13.0 Å². The van der Waals surface area contributed by atoms with Crippen LogP contribution in [0.5, 0.6) is 0 Å². The summed E-state index contributed by atoms with van der Waals surface area (Å²) in [5, 5.41) is 12.4. The van der Waals surface area contributed by atoms with Crippen LogP contribution >= 0.6 is 11.6 Å². The van der Waals surface area contributed by atoms with Crippen LogP contribution in [-0.4, -0.2) is 18.7 Å². The fourth-order valence-electron chi connectivity index (χ4n) is 1.64. The number of aryl methyl sites for hydroxylation is 1. The maximum atomic E-state index is 13.6. The number of rotatable bonds is 5. The van der Waals surface area contributed by atoms with E-state index in [9.17, 15) is 12.8 Å². The summed E-state index contributed by atoms with van der Waals surface area (Å²) in [5.41, 5.74) is 0.391. The molecule has 0 saturated carbocycles. The smallest absolute Gasteiger partial charge is 0.241 e. The Morgan fingerprint density at radius 3 is 2.71 bits per heavy atom. The normalized spacial score (nSPS) is 11.8. The predicted molar refractivity (Wildman–Crippen MR) is 72.6 cm³/mol. The number of sulfonamides is 1. The van der Waals surface area contributed by atoms with Crippen molar-refractivity contribution in [3.63, 3.8) is 0 Å². The van der Waals surface area contributed by atoms with Gasteiger partial charge in [0.1, 0.15) is 11.6 Å². The fourth-order valence-corrected chi connectivity index (χ4v) is 2.87. The van der Waals surface area contributed by atoms with Gasteiger partial charge in [-0.3, -0.25) is 0 Å². The van der Waals surface area contributed by atoms with Crippen LogP contribution in [0.15, 0.2) is 27.6 Å². The minimum Gasteiger partial charge on any atom is -0.392 e. The molecule has 0 unspecified atom stereocenters. The van der Waals surface area contributed by atoms with E-state index in [1.165, 1.54) is 0 Å². The van der Waals surface area contributed by atoms with Gasteiger partial charge in [0.15, 0.2) is 0 Å². The highest BCUT2D eigenvalue weighted by Gasteiger charge is 2.19. The minimum absolute atomic E-state index is 0.00526. The van der Waals surface area contributed by atoms with Crippen molar-refractivity contribution < 1.29 is 22.4 Å². The largest absolute Gasteiger partial charge is 0.392 e. The number of hydrogen-bond donors (Lipinski definition) is 2. The maximum absolute atomic E-state index is 13.6. The molecule has 6 nitrogen and oxygen atoms in total. The zero-order valence-electron chi connectivity index (χ0n) is 10.9. The molecule has 0 radical (unpaired) electrons.